The summed E-state index contributed by atoms with van der Waals surface area (Å²) in [5, 5.41) is 43.9. The number of rotatable bonds is 5. The number of carboxylic acid groups (broad SMARTS) is 1. The van der Waals surface area contributed by atoms with Gasteiger partial charge in [0.1, 0.15) is 18.3 Å². The van der Waals surface area contributed by atoms with Gasteiger partial charge in [-0.15, -0.1) is 0 Å². The van der Waals surface area contributed by atoms with Gasteiger partial charge in [-0.3, -0.25) is 4.79 Å². The monoisotopic (exact) mass is 208 g/mol. The van der Waals surface area contributed by atoms with Crippen LogP contribution in [0.3, 0.4) is 0 Å². The topological polar surface area (TPSA) is 135 Å². The number of hydrogen-bond acceptors (Lipinski definition) is 6. The van der Waals surface area contributed by atoms with Crippen LogP contribution in [0, 0.1) is 0 Å². The van der Waals surface area contributed by atoms with Crippen molar-refractivity contribution < 1.29 is 35.1 Å². The molecule has 0 saturated carbocycles. The number of hydrogen-bond donors (Lipinski definition) is 5. The second-order valence-corrected chi connectivity index (χ2v) is 2.82. The predicted molar refractivity (Wildman–Crippen MR) is 42.3 cm³/mol. The Balaban J connectivity index is 4.45. The molecule has 0 aromatic carbocycles. The first-order valence-electron chi connectivity index (χ1n) is 3.74. The highest BCUT2D eigenvalue weighted by atomic mass is 16.4. The Labute approximate surface area is 79.2 Å². The molecule has 0 amide bonds. The maximum absolute atomic E-state index is 10.5. The van der Waals surface area contributed by atoms with Crippen LogP contribution < -0.4 is 0 Å². The molecule has 0 unspecified atom stereocenters. The molecule has 0 aliphatic rings. The molecule has 4 atom stereocenters. The van der Waals surface area contributed by atoms with Gasteiger partial charge in [-0.25, -0.2) is 4.79 Å². The van der Waals surface area contributed by atoms with E-state index in [-0.39, 0.29) is 0 Å². The number of carbonyl (C=O) groups is 2. The van der Waals surface area contributed by atoms with Crippen LogP contribution in [0.2, 0.25) is 0 Å². The molecule has 0 aromatic rings. The molecule has 0 aromatic heterocycles. The fraction of sp³-hybridized carbons (Fsp3) is 0.714. The Morgan fingerprint density at radius 3 is 1.57 bits per heavy atom. The van der Waals surface area contributed by atoms with Crippen molar-refractivity contribution in [2.75, 3.05) is 0 Å². The van der Waals surface area contributed by atoms with Crippen LogP contribution in [0.15, 0.2) is 0 Å². The highest BCUT2D eigenvalue weighted by Gasteiger charge is 2.35. The predicted octanol–water partition coefficient (Wildman–Crippen LogP) is -2.90. The number of aliphatic carboxylic acids is 1. The molecule has 7 heteroatoms. The maximum Gasteiger partial charge on any atom is 0.335 e. The largest absolute Gasteiger partial charge is 0.479 e. The molecule has 82 valence electrons. The standard InChI is InChI=1S/C7H12O7/c1-2(8)3(9)4(10)5(11)6(12)7(13)14/h3-6,9-12H,1H3,(H,13,14)/t3-,4+,5+,6-/m1/s1. The lowest BCUT2D eigenvalue weighted by molar-refractivity contribution is -0.165. The van der Waals surface area contributed by atoms with Crippen molar-refractivity contribution in [2.24, 2.45) is 0 Å². The van der Waals surface area contributed by atoms with E-state index in [0.717, 1.165) is 6.92 Å². The second-order valence-electron chi connectivity index (χ2n) is 2.82. The van der Waals surface area contributed by atoms with E-state index in [1.807, 2.05) is 0 Å². The zero-order valence-corrected chi connectivity index (χ0v) is 7.36. The van der Waals surface area contributed by atoms with Crippen molar-refractivity contribution in [1.29, 1.82) is 0 Å². The lowest BCUT2D eigenvalue weighted by Gasteiger charge is -2.22. The first-order chi connectivity index (χ1) is 6.29. The molecule has 0 bridgehead atoms. The van der Waals surface area contributed by atoms with Gasteiger partial charge >= 0.3 is 5.97 Å². The van der Waals surface area contributed by atoms with Crippen molar-refractivity contribution in [3.05, 3.63) is 0 Å². The lowest BCUT2D eigenvalue weighted by Crippen LogP contribution is -2.49. The molecule has 0 rings (SSSR count). The van der Waals surface area contributed by atoms with Crippen molar-refractivity contribution in [1.82, 2.24) is 0 Å². The van der Waals surface area contributed by atoms with Crippen LogP contribution in [0.25, 0.3) is 0 Å². The zero-order chi connectivity index (χ0) is 11.5. The van der Waals surface area contributed by atoms with E-state index < -0.39 is 36.2 Å². The summed E-state index contributed by atoms with van der Waals surface area (Å²) < 4.78 is 0. The first-order valence-corrected chi connectivity index (χ1v) is 3.74. The fourth-order valence-electron chi connectivity index (χ4n) is 0.760. The van der Waals surface area contributed by atoms with Gasteiger partial charge in [0, 0.05) is 0 Å². The minimum Gasteiger partial charge on any atom is -0.479 e. The summed E-state index contributed by atoms with van der Waals surface area (Å²) in [7, 11) is 0. The Morgan fingerprint density at radius 1 is 0.929 bits per heavy atom. The molecule has 0 aliphatic heterocycles. The number of aliphatic hydroxyl groups is 4. The van der Waals surface area contributed by atoms with Gasteiger partial charge < -0.3 is 25.5 Å². The van der Waals surface area contributed by atoms with E-state index in [4.69, 9.17) is 25.5 Å². The van der Waals surface area contributed by atoms with E-state index in [2.05, 4.69) is 0 Å². The molecule has 0 saturated heterocycles. The zero-order valence-electron chi connectivity index (χ0n) is 7.36. The van der Waals surface area contributed by atoms with E-state index >= 15 is 0 Å². The van der Waals surface area contributed by atoms with Crippen molar-refractivity contribution in [2.45, 2.75) is 31.3 Å². The lowest BCUT2D eigenvalue weighted by atomic mass is 10.0. The normalized spacial score (nSPS) is 19.5. The second kappa shape index (κ2) is 5.01. The molecule has 0 radical (unpaired) electrons. The van der Waals surface area contributed by atoms with Crippen LogP contribution in [0.5, 0.6) is 0 Å². The van der Waals surface area contributed by atoms with Gasteiger partial charge in [0.15, 0.2) is 11.9 Å². The molecular formula is C7H12O7. The first kappa shape index (κ1) is 13.0. The minimum atomic E-state index is -2.25. The Hall–Kier alpha value is -1.02. The highest BCUT2D eigenvalue weighted by Crippen LogP contribution is 2.06. The molecular weight excluding hydrogens is 196 g/mol. The third-order valence-electron chi connectivity index (χ3n) is 1.67. The summed E-state index contributed by atoms with van der Waals surface area (Å²) in [6, 6.07) is 0. The average Bonchev–Trinajstić information content (AvgIpc) is 2.12. The third kappa shape index (κ3) is 3.04. The van der Waals surface area contributed by atoms with Crippen LogP contribution in [0.1, 0.15) is 6.92 Å². The molecule has 5 N–H and O–H groups in total. The summed E-state index contributed by atoms with van der Waals surface area (Å²) in [6.07, 6.45) is -8.32. The van der Waals surface area contributed by atoms with Gasteiger partial charge in [-0.1, -0.05) is 0 Å². The SMILES string of the molecule is CC(=O)[C@@H](O)[C@H](O)[C@H](O)[C@@H](O)C(=O)O. The quantitative estimate of drug-likeness (QED) is 0.327. The van der Waals surface area contributed by atoms with Crippen molar-refractivity contribution in [3.63, 3.8) is 0 Å². The van der Waals surface area contributed by atoms with E-state index in [1.54, 1.807) is 0 Å². The molecule has 0 fully saturated rings. The fourth-order valence-corrected chi connectivity index (χ4v) is 0.760. The smallest absolute Gasteiger partial charge is 0.335 e. The third-order valence-corrected chi connectivity index (χ3v) is 1.67. The van der Waals surface area contributed by atoms with E-state index in [9.17, 15) is 9.59 Å². The average molecular weight is 208 g/mol. The molecule has 14 heavy (non-hydrogen) atoms. The summed E-state index contributed by atoms with van der Waals surface area (Å²) in [5.41, 5.74) is 0. The highest BCUT2D eigenvalue weighted by molar-refractivity contribution is 5.81. The van der Waals surface area contributed by atoms with Crippen LogP contribution in [-0.2, 0) is 9.59 Å². The van der Waals surface area contributed by atoms with Gasteiger partial charge in [-0.05, 0) is 6.92 Å². The number of carboxylic acids is 1. The molecule has 0 spiro atoms. The summed E-state index contributed by atoms with van der Waals surface area (Å²) in [5.74, 6) is -2.60. The number of Topliss-reactive ketones (excluding diaryl/α,β-unsaturated/α-hetero) is 1. The molecule has 0 aliphatic carbocycles. The van der Waals surface area contributed by atoms with Gasteiger partial charge in [0.2, 0.25) is 0 Å². The van der Waals surface area contributed by atoms with Gasteiger partial charge in [-0.2, -0.15) is 0 Å². The van der Waals surface area contributed by atoms with E-state index in [1.165, 1.54) is 0 Å². The summed E-state index contributed by atoms with van der Waals surface area (Å²) in [6.45, 7) is 0.952. The van der Waals surface area contributed by atoms with E-state index in [0.29, 0.717) is 0 Å². The number of ketones is 1. The molecule has 7 nitrogen and oxygen atoms in total. The van der Waals surface area contributed by atoms with Crippen molar-refractivity contribution in [3.8, 4) is 0 Å². The Bertz CT molecular complexity index is 202. The Morgan fingerprint density at radius 2 is 1.29 bits per heavy atom. The van der Waals surface area contributed by atoms with Crippen LogP contribution in [-0.4, -0.2) is 61.7 Å². The van der Waals surface area contributed by atoms with Crippen LogP contribution >= 0.6 is 0 Å². The summed E-state index contributed by atoms with van der Waals surface area (Å²) in [4.78, 5) is 20.7. The minimum absolute atomic E-state index is 0.839. The molecule has 0 heterocycles. The number of aliphatic hydroxyl groups excluding tert-OH is 4. The van der Waals surface area contributed by atoms with Crippen LogP contribution in [0.4, 0.5) is 0 Å². The Kier molecular flexibility index (Phi) is 4.64. The number of carbonyl (C=O) groups excluding carboxylic acids is 1. The maximum atomic E-state index is 10.5. The van der Waals surface area contributed by atoms with Gasteiger partial charge in [0.25, 0.3) is 0 Å². The van der Waals surface area contributed by atoms with Crippen molar-refractivity contribution >= 4 is 11.8 Å². The van der Waals surface area contributed by atoms with Gasteiger partial charge in [0.05, 0.1) is 0 Å². The summed E-state index contributed by atoms with van der Waals surface area (Å²) >= 11 is 0.